The summed E-state index contributed by atoms with van der Waals surface area (Å²) in [5.41, 5.74) is 0.952. The van der Waals surface area contributed by atoms with Crippen LogP contribution in [0, 0.1) is 0 Å². The first-order valence-electron chi connectivity index (χ1n) is 4.32. The van der Waals surface area contributed by atoms with Gasteiger partial charge in [0.1, 0.15) is 5.78 Å². The van der Waals surface area contributed by atoms with Crippen LogP contribution in [0.1, 0.15) is 19.4 Å². The fourth-order valence-corrected chi connectivity index (χ4v) is 1.15. The van der Waals surface area contributed by atoms with E-state index in [2.05, 4.69) is 0 Å². The molecule has 0 saturated heterocycles. The second-order valence-electron chi connectivity index (χ2n) is 3.06. The summed E-state index contributed by atoms with van der Waals surface area (Å²) in [4.78, 5) is 22.0. The molecule has 0 aliphatic carbocycles. The van der Waals surface area contributed by atoms with Crippen molar-refractivity contribution >= 4 is 5.78 Å². The molecule has 70 valence electrons. The van der Waals surface area contributed by atoms with Crippen LogP contribution >= 0.6 is 0 Å². The second kappa shape index (κ2) is 4.03. The average molecular weight is 179 g/mol. The zero-order valence-electron chi connectivity index (χ0n) is 7.91. The van der Waals surface area contributed by atoms with E-state index in [1.54, 1.807) is 12.3 Å². The van der Waals surface area contributed by atoms with Crippen LogP contribution in [0.4, 0.5) is 0 Å². The Morgan fingerprint density at radius 2 is 2.15 bits per heavy atom. The molecule has 0 aromatic carbocycles. The van der Waals surface area contributed by atoms with Crippen molar-refractivity contribution in [3.8, 4) is 0 Å². The number of carbonyl (C=O) groups excluding carboxylic acids is 1. The Bertz CT molecular complexity index is 365. The summed E-state index contributed by atoms with van der Waals surface area (Å²) in [5, 5.41) is 0. The number of nitrogens with zero attached hydrogens (tertiary/aromatic N) is 1. The molecule has 3 nitrogen and oxygen atoms in total. The van der Waals surface area contributed by atoms with E-state index in [0.717, 1.165) is 12.0 Å². The van der Waals surface area contributed by atoms with Gasteiger partial charge in [-0.15, -0.1) is 0 Å². The van der Waals surface area contributed by atoms with E-state index in [-0.39, 0.29) is 17.9 Å². The van der Waals surface area contributed by atoms with Crippen LogP contribution in [-0.2, 0) is 17.8 Å². The highest BCUT2D eigenvalue weighted by Gasteiger charge is 1.99. The maximum atomic E-state index is 11.2. The lowest BCUT2D eigenvalue weighted by atomic mass is 10.2. The van der Waals surface area contributed by atoms with Gasteiger partial charge in [0, 0.05) is 12.3 Å². The molecule has 0 fully saturated rings. The number of hydrogen-bond donors (Lipinski definition) is 0. The van der Waals surface area contributed by atoms with Crippen LogP contribution in [0.25, 0.3) is 0 Å². The zero-order valence-corrected chi connectivity index (χ0v) is 7.91. The Labute approximate surface area is 77.0 Å². The number of ketones is 1. The highest BCUT2D eigenvalue weighted by atomic mass is 16.1. The van der Waals surface area contributed by atoms with E-state index in [4.69, 9.17) is 0 Å². The zero-order chi connectivity index (χ0) is 9.84. The van der Waals surface area contributed by atoms with E-state index in [1.807, 2.05) is 6.92 Å². The number of aryl methyl sites for hydroxylation is 1. The van der Waals surface area contributed by atoms with E-state index in [0.29, 0.717) is 0 Å². The molecule has 0 unspecified atom stereocenters. The lowest BCUT2D eigenvalue weighted by molar-refractivity contribution is -0.117. The number of aromatic nitrogens is 1. The molecule has 0 saturated carbocycles. The number of pyridine rings is 1. The molecule has 1 aromatic heterocycles. The summed E-state index contributed by atoms with van der Waals surface area (Å²) < 4.78 is 1.45. The maximum absolute atomic E-state index is 11.2. The van der Waals surface area contributed by atoms with Gasteiger partial charge in [0.25, 0.3) is 5.56 Å². The SMILES string of the molecule is CCc1ccc(=O)n(CC(C)=O)c1. The van der Waals surface area contributed by atoms with Crippen molar-refractivity contribution in [1.82, 2.24) is 4.57 Å². The highest BCUT2D eigenvalue weighted by Crippen LogP contribution is 1.96. The summed E-state index contributed by atoms with van der Waals surface area (Å²) in [6.45, 7) is 3.66. The molecule has 0 spiro atoms. The van der Waals surface area contributed by atoms with Crippen LogP contribution in [0.3, 0.4) is 0 Å². The molecule has 0 radical (unpaired) electrons. The fraction of sp³-hybridized carbons (Fsp3) is 0.400. The minimum atomic E-state index is -0.118. The van der Waals surface area contributed by atoms with Gasteiger partial charge in [-0.2, -0.15) is 0 Å². The predicted octanol–water partition coefficient (Wildman–Crippen LogP) is 1.000. The Hall–Kier alpha value is -1.38. The minimum absolute atomic E-state index is 0.00430. The molecule has 0 aliphatic rings. The molecular weight excluding hydrogens is 166 g/mol. The van der Waals surface area contributed by atoms with Gasteiger partial charge in [0.2, 0.25) is 0 Å². The van der Waals surface area contributed by atoms with E-state index < -0.39 is 0 Å². The molecule has 13 heavy (non-hydrogen) atoms. The molecule has 0 aliphatic heterocycles. The second-order valence-corrected chi connectivity index (χ2v) is 3.06. The first kappa shape index (κ1) is 9.71. The largest absolute Gasteiger partial charge is 0.308 e. The predicted molar refractivity (Wildman–Crippen MR) is 50.8 cm³/mol. The molecular formula is C10H13NO2. The first-order chi connectivity index (χ1) is 6.13. The molecule has 1 rings (SSSR count). The number of hydrogen-bond acceptors (Lipinski definition) is 2. The van der Waals surface area contributed by atoms with Crippen molar-refractivity contribution in [2.45, 2.75) is 26.8 Å². The summed E-state index contributed by atoms with van der Waals surface area (Å²) in [6, 6.07) is 3.29. The summed E-state index contributed by atoms with van der Waals surface area (Å²) in [6.07, 6.45) is 2.61. The van der Waals surface area contributed by atoms with Gasteiger partial charge in [0.05, 0.1) is 6.54 Å². The van der Waals surface area contributed by atoms with Gasteiger partial charge in [-0.1, -0.05) is 13.0 Å². The van der Waals surface area contributed by atoms with Crippen molar-refractivity contribution in [2.75, 3.05) is 0 Å². The molecule has 0 bridgehead atoms. The van der Waals surface area contributed by atoms with E-state index in [1.165, 1.54) is 17.6 Å². The Morgan fingerprint density at radius 1 is 1.46 bits per heavy atom. The van der Waals surface area contributed by atoms with Crippen LogP contribution in [0.2, 0.25) is 0 Å². The lowest BCUT2D eigenvalue weighted by Crippen LogP contribution is -2.22. The number of Topliss-reactive ketones (excluding diaryl/α,β-unsaturated/α-hetero) is 1. The lowest BCUT2D eigenvalue weighted by Gasteiger charge is -2.03. The van der Waals surface area contributed by atoms with Gasteiger partial charge >= 0.3 is 0 Å². The smallest absolute Gasteiger partial charge is 0.250 e. The maximum Gasteiger partial charge on any atom is 0.250 e. The van der Waals surface area contributed by atoms with Crippen LogP contribution < -0.4 is 5.56 Å². The fourth-order valence-electron chi connectivity index (χ4n) is 1.15. The van der Waals surface area contributed by atoms with Crippen molar-refractivity contribution < 1.29 is 4.79 Å². The highest BCUT2D eigenvalue weighted by molar-refractivity contribution is 5.75. The summed E-state index contributed by atoms with van der Waals surface area (Å²) in [5.74, 6) is -0.00430. The third-order valence-electron chi connectivity index (χ3n) is 1.85. The summed E-state index contributed by atoms with van der Waals surface area (Å²) >= 11 is 0. The van der Waals surface area contributed by atoms with Crippen molar-refractivity contribution in [1.29, 1.82) is 0 Å². The minimum Gasteiger partial charge on any atom is -0.308 e. The van der Waals surface area contributed by atoms with Crippen LogP contribution in [-0.4, -0.2) is 10.4 Å². The quantitative estimate of drug-likeness (QED) is 0.694. The van der Waals surface area contributed by atoms with Gasteiger partial charge in [-0.25, -0.2) is 0 Å². The van der Waals surface area contributed by atoms with Gasteiger partial charge < -0.3 is 4.57 Å². The Morgan fingerprint density at radius 3 is 2.69 bits per heavy atom. The van der Waals surface area contributed by atoms with Gasteiger partial charge in [-0.05, 0) is 18.9 Å². The number of carbonyl (C=O) groups is 1. The van der Waals surface area contributed by atoms with Crippen molar-refractivity contribution in [2.24, 2.45) is 0 Å². The molecule has 1 aromatic rings. The molecule has 0 atom stereocenters. The molecule has 1 heterocycles. The van der Waals surface area contributed by atoms with Crippen LogP contribution in [0.5, 0.6) is 0 Å². The summed E-state index contributed by atoms with van der Waals surface area (Å²) in [7, 11) is 0. The third kappa shape index (κ3) is 2.54. The molecule has 0 N–H and O–H groups in total. The van der Waals surface area contributed by atoms with Gasteiger partial charge in [-0.3, -0.25) is 9.59 Å². The van der Waals surface area contributed by atoms with Crippen molar-refractivity contribution in [3.05, 3.63) is 34.2 Å². The monoisotopic (exact) mass is 179 g/mol. The Kier molecular flexibility index (Phi) is 3.01. The van der Waals surface area contributed by atoms with Crippen molar-refractivity contribution in [3.63, 3.8) is 0 Å². The third-order valence-corrected chi connectivity index (χ3v) is 1.85. The standard InChI is InChI=1S/C10H13NO2/c1-3-9-4-5-10(13)11(7-9)6-8(2)12/h4-5,7H,3,6H2,1-2H3. The topological polar surface area (TPSA) is 39.1 Å². The van der Waals surface area contributed by atoms with Gasteiger partial charge in [0.15, 0.2) is 0 Å². The van der Waals surface area contributed by atoms with E-state index in [9.17, 15) is 9.59 Å². The first-order valence-corrected chi connectivity index (χ1v) is 4.32. The molecule has 0 amide bonds. The van der Waals surface area contributed by atoms with E-state index >= 15 is 0 Å². The Balaban J connectivity index is 3.04. The van der Waals surface area contributed by atoms with Crippen LogP contribution in [0.15, 0.2) is 23.1 Å². The average Bonchev–Trinajstić information content (AvgIpc) is 2.08. The molecule has 3 heteroatoms. The number of rotatable bonds is 3. The normalized spacial score (nSPS) is 10.0.